The average molecular weight is 264 g/mol. The zero-order chi connectivity index (χ0) is 13.4. The molecule has 1 aromatic rings. The van der Waals surface area contributed by atoms with Gasteiger partial charge in [-0.1, -0.05) is 12.1 Å². The van der Waals surface area contributed by atoms with Gasteiger partial charge in [-0.15, -0.1) is 0 Å². The van der Waals surface area contributed by atoms with Gasteiger partial charge in [-0.3, -0.25) is 0 Å². The molecule has 0 saturated heterocycles. The van der Waals surface area contributed by atoms with E-state index in [1.807, 2.05) is 36.0 Å². The van der Waals surface area contributed by atoms with Gasteiger partial charge < -0.3 is 10.1 Å². The number of nitriles is 1. The smallest absolute Gasteiger partial charge is 0.174 e. The number of ether oxygens (including phenoxy) is 1. The van der Waals surface area contributed by atoms with Gasteiger partial charge in [0.15, 0.2) is 6.61 Å². The minimum Gasteiger partial charge on any atom is -0.479 e. The van der Waals surface area contributed by atoms with E-state index in [4.69, 9.17) is 10.00 Å². The number of hydrogen-bond donors (Lipinski definition) is 1. The first-order valence-corrected chi connectivity index (χ1v) is 7.14. The van der Waals surface area contributed by atoms with E-state index < -0.39 is 0 Å². The fraction of sp³-hybridized carbons (Fsp3) is 0.500. The minimum absolute atomic E-state index is 0.0936. The van der Waals surface area contributed by atoms with E-state index in [0.29, 0.717) is 0 Å². The lowest BCUT2D eigenvalue weighted by Crippen LogP contribution is -2.31. The van der Waals surface area contributed by atoms with Crippen molar-refractivity contribution in [3.63, 3.8) is 0 Å². The van der Waals surface area contributed by atoms with E-state index in [1.165, 1.54) is 5.56 Å². The van der Waals surface area contributed by atoms with Crippen LogP contribution in [0.25, 0.3) is 0 Å². The minimum atomic E-state index is 0.0936. The molecule has 0 aliphatic heterocycles. The summed E-state index contributed by atoms with van der Waals surface area (Å²) in [7, 11) is 0. The van der Waals surface area contributed by atoms with Crippen LogP contribution in [0.15, 0.2) is 24.3 Å². The maximum absolute atomic E-state index is 8.47. The molecular formula is C14H20N2OS. The predicted octanol–water partition coefficient (Wildman–Crippen LogP) is 2.82. The van der Waals surface area contributed by atoms with Crippen LogP contribution in [-0.2, 0) is 6.54 Å². The van der Waals surface area contributed by atoms with E-state index in [-0.39, 0.29) is 11.4 Å². The molecule has 0 aliphatic carbocycles. The lowest BCUT2D eigenvalue weighted by molar-refractivity contribution is 0.367. The second-order valence-corrected chi connectivity index (χ2v) is 6.17. The van der Waals surface area contributed by atoms with Crippen molar-refractivity contribution in [2.45, 2.75) is 25.1 Å². The summed E-state index contributed by atoms with van der Waals surface area (Å²) in [4.78, 5) is 0. The van der Waals surface area contributed by atoms with Crippen molar-refractivity contribution in [3.8, 4) is 11.8 Å². The largest absolute Gasteiger partial charge is 0.479 e. The Morgan fingerprint density at radius 1 is 1.44 bits per heavy atom. The highest BCUT2D eigenvalue weighted by atomic mass is 32.2. The Hall–Kier alpha value is -1.18. The molecular weight excluding hydrogens is 244 g/mol. The molecule has 0 bridgehead atoms. The Bertz CT molecular complexity index is 413. The summed E-state index contributed by atoms with van der Waals surface area (Å²) in [5.74, 6) is 0.750. The third kappa shape index (κ3) is 5.44. The molecule has 1 aromatic carbocycles. The number of rotatable bonds is 7. The molecule has 0 spiro atoms. The third-order valence-corrected chi connectivity index (χ3v) is 3.88. The molecule has 0 radical (unpaired) electrons. The molecule has 3 nitrogen and oxygen atoms in total. The van der Waals surface area contributed by atoms with Crippen molar-refractivity contribution in [1.29, 1.82) is 5.26 Å². The van der Waals surface area contributed by atoms with Crippen molar-refractivity contribution in [1.82, 2.24) is 5.32 Å². The summed E-state index contributed by atoms with van der Waals surface area (Å²) >= 11 is 1.85. The first kappa shape index (κ1) is 14.9. The van der Waals surface area contributed by atoms with Crippen LogP contribution < -0.4 is 10.1 Å². The Morgan fingerprint density at radius 3 is 2.89 bits per heavy atom. The Kier molecular flexibility index (Phi) is 6.03. The monoisotopic (exact) mass is 264 g/mol. The molecule has 0 heterocycles. The summed E-state index contributed by atoms with van der Waals surface area (Å²) in [5, 5.41) is 11.9. The average Bonchev–Trinajstić information content (AvgIpc) is 2.37. The zero-order valence-corrected chi connectivity index (χ0v) is 12.0. The summed E-state index contributed by atoms with van der Waals surface area (Å²) in [5.41, 5.74) is 1.17. The molecule has 98 valence electrons. The van der Waals surface area contributed by atoms with Gasteiger partial charge in [-0.05, 0) is 37.8 Å². The summed E-state index contributed by atoms with van der Waals surface area (Å²) in [6.45, 7) is 6.30. The van der Waals surface area contributed by atoms with Crippen molar-refractivity contribution < 1.29 is 4.74 Å². The van der Waals surface area contributed by atoms with Gasteiger partial charge in [-0.25, -0.2) is 0 Å². The van der Waals surface area contributed by atoms with Crippen LogP contribution in [-0.4, -0.2) is 24.2 Å². The quantitative estimate of drug-likeness (QED) is 0.822. The van der Waals surface area contributed by atoms with E-state index in [2.05, 4.69) is 31.5 Å². The van der Waals surface area contributed by atoms with Crippen molar-refractivity contribution in [2.24, 2.45) is 0 Å². The molecule has 0 amide bonds. The number of thioether (sulfide) groups is 1. The highest BCUT2D eigenvalue weighted by molar-refractivity contribution is 7.99. The van der Waals surface area contributed by atoms with Crippen LogP contribution in [0.5, 0.6) is 5.75 Å². The van der Waals surface area contributed by atoms with Gasteiger partial charge >= 0.3 is 0 Å². The number of hydrogen-bond acceptors (Lipinski definition) is 4. The van der Waals surface area contributed by atoms with Crippen LogP contribution in [0, 0.1) is 11.3 Å². The molecule has 0 saturated carbocycles. The van der Waals surface area contributed by atoms with Crippen molar-refractivity contribution in [2.75, 3.05) is 19.4 Å². The maximum atomic E-state index is 8.47. The molecule has 4 heteroatoms. The second kappa shape index (κ2) is 7.30. The van der Waals surface area contributed by atoms with E-state index >= 15 is 0 Å². The molecule has 0 aliphatic rings. The molecule has 1 rings (SSSR count). The number of nitrogens with zero attached hydrogens (tertiary/aromatic N) is 1. The predicted molar refractivity (Wildman–Crippen MR) is 76.9 cm³/mol. The Labute approximate surface area is 114 Å². The fourth-order valence-corrected chi connectivity index (χ4v) is 1.69. The van der Waals surface area contributed by atoms with Gasteiger partial charge in [0.05, 0.1) is 0 Å². The van der Waals surface area contributed by atoms with Crippen LogP contribution in [0.2, 0.25) is 0 Å². The SMILES string of the molecule is CSC(C)(C)CNCc1cccc(OCC#N)c1. The second-order valence-electron chi connectivity index (χ2n) is 4.66. The van der Waals surface area contributed by atoms with Gasteiger partial charge in [0.25, 0.3) is 0 Å². The molecule has 0 aromatic heterocycles. The fourth-order valence-electron chi connectivity index (χ4n) is 1.44. The Morgan fingerprint density at radius 2 is 2.22 bits per heavy atom. The van der Waals surface area contributed by atoms with Gasteiger partial charge in [0.1, 0.15) is 11.8 Å². The molecule has 0 unspecified atom stereocenters. The zero-order valence-electron chi connectivity index (χ0n) is 11.2. The van der Waals surface area contributed by atoms with Crippen molar-refractivity contribution in [3.05, 3.63) is 29.8 Å². The molecule has 18 heavy (non-hydrogen) atoms. The highest BCUT2D eigenvalue weighted by Gasteiger charge is 2.14. The number of benzene rings is 1. The van der Waals surface area contributed by atoms with Gasteiger partial charge in [0.2, 0.25) is 0 Å². The Balaban J connectivity index is 2.45. The van der Waals surface area contributed by atoms with Crippen LogP contribution in [0.3, 0.4) is 0 Å². The number of nitrogens with one attached hydrogen (secondary N) is 1. The van der Waals surface area contributed by atoms with E-state index in [9.17, 15) is 0 Å². The van der Waals surface area contributed by atoms with Gasteiger partial charge in [-0.2, -0.15) is 17.0 Å². The first-order chi connectivity index (χ1) is 8.57. The molecule has 0 fully saturated rings. The standard InChI is InChI=1S/C14H20N2OS/c1-14(2,18-3)11-16-10-12-5-4-6-13(9-12)17-8-7-15/h4-6,9,16H,8,10-11H2,1-3H3. The van der Waals surface area contributed by atoms with Crippen LogP contribution >= 0.6 is 11.8 Å². The lowest BCUT2D eigenvalue weighted by Gasteiger charge is -2.22. The van der Waals surface area contributed by atoms with Gasteiger partial charge in [0, 0.05) is 17.8 Å². The molecule has 0 atom stereocenters. The lowest BCUT2D eigenvalue weighted by atomic mass is 10.2. The molecule has 1 N–H and O–H groups in total. The van der Waals surface area contributed by atoms with E-state index in [1.54, 1.807) is 0 Å². The highest BCUT2D eigenvalue weighted by Crippen LogP contribution is 2.20. The summed E-state index contributed by atoms with van der Waals surface area (Å²) < 4.78 is 5.52. The summed E-state index contributed by atoms with van der Waals surface area (Å²) in [6.07, 6.45) is 2.12. The van der Waals surface area contributed by atoms with Crippen LogP contribution in [0.4, 0.5) is 0 Å². The normalized spacial score (nSPS) is 11.0. The van der Waals surface area contributed by atoms with Crippen LogP contribution in [0.1, 0.15) is 19.4 Å². The topological polar surface area (TPSA) is 45.0 Å². The third-order valence-electron chi connectivity index (χ3n) is 2.63. The van der Waals surface area contributed by atoms with Crippen molar-refractivity contribution >= 4 is 11.8 Å². The van der Waals surface area contributed by atoms with E-state index in [0.717, 1.165) is 18.8 Å². The maximum Gasteiger partial charge on any atom is 0.174 e. The summed E-state index contributed by atoms with van der Waals surface area (Å²) in [6, 6.07) is 9.80. The first-order valence-electron chi connectivity index (χ1n) is 5.92.